The highest BCUT2D eigenvalue weighted by Crippen LogP contribution is 2.33. The number of rotatable bonds is 7. The summed E-state index contributed by atoms with van der Waals surface area (Å²) in [5.74, 6) is 1.78. The Morgan fingerprint density at radius 3 is 2.50 bits per heavy atom. The van der Waals surface area contributed by atoms with Gasteiger partial charge in [-0.3, -0.25) is 0 Å². The van der Waals surface area contributed by atoms with Gasteiger partial charge in [-0.25, -0.2) is 0 Å². The van der Waals surface area contributed by atoms with Crippen molar-refractivity contribution in [3.05, 3.63) is 58.1 Å². The summed E-state index contributed by atoms with van der Waals surface area (Å²) >= 11 is 14.0. The maximum Gasteiger partial charge on any atom is 0.119 e. The molecule has 0 saturated carbocycles. The normalized spacial score (nSPS) is 12.2. The molecule has 2 rings (SSSR count). The van der Waals surface area contributed by atoms with E-state index < -0.39 is 0 Å². The molecule has 0 radical (unpaired) electrons. The van der Waals surface area contributed by atoms with Crippen LogP contribution in [0.15, 0.2) is 47.4 Å². The lowest BCUT2D eigenvalue weighted by atomic mass is 10.1. The Kier molecular flexibility index (Phi) is 6.90. The predicted molar refractivity (Wildman–Crippen MR) is 96.6 cm³/mol. The molecule has 2 aromatic rings. The summed E-state index contributed by atoms with van der Waals surface area (Å²) in [7, 11) is 1.68. The van der Waals surface area contributed by atoms with Crippen molar-refractivity contribution in [1.29, 1.82) is 0 Å². The van der Waals surface area contributed by atoms with Gasteiger partial charge in [-0.1, -0.05) is 41.4 Å². The van der Waals surface area contributed by atoms with E-state index in [-0.39, 0.29) is 6.04 Å². The maximum absolute atomic E-state index is 6.16. The van der Waals surface area contributed by atoms with Gasteiger partial charge >= 0.3 is 0 Å². The van der Waals surface area contributed by atoms with Crippen LogP contribution in [0, 0.1) is 0 Å². The molecule has 0 heterocycles. The average molecular weight is 356 g/mol. The quantitative estimate of drug-likeness (QED) is 0.527. The average Bonchev–Trinajstić information content (AvgIpc) is 2.53. The molecule has 2 nitrogen and oxygen atoms in total. The lowest BCUT2D eigenvalue weighted by molar-refractivity contribution is 0.413. The summed E-state index contributed by atoms with van der Waals surface area (Å²) in [5.41, 5.74) is 1.21. The zero-order valence-electron chi connectivity index (χ0n) is 12.6. The first-order chi connectivity index (χ1) is 10.6. The largest absolute Gasteiger partial charge is 0.497 e. The summed E-state index contributed by atoms with van der Waals surface area (Å²) in [6, 6.07) is 13.9. The number of nitrogens with one attached hydrogen (secondary N) is 1. The minimum Gasteiger partial charge on any atom is -0.497 e. The fourth-order valence-electron chi connectivity index (χ4n) is 2.08. The Morgan fingerprint density at radius 2 is 1.82 bits per heavy atom. The van der Waals surface area contributed by atoms with Crippen LogP contribution in [0.2, 0.25) is 10.0 Å². The van der Waals surface area contributed by atoms with Crippen molar-refractivity contribution >= 4 is 35.0 Å². The molecule has 0 fully saturated rings. The summed E-state index contributed by atoms with van der Waals surface area (Å²) in [4.78, 5) is 0.946. The number of hydrogen-bond donors (Lipinski definition) is 1. The third kappa shape index (κ3) is 4.82. The number of ether oxygens (including phenoxy) is 1. The van der Waals surface area contributed by atoms with Gasteiger partial charge < -0.3 is 10.1 Å². The van der Waals surface area contributed by atoms with Crippen molar-refractivity contribution in [3.63, 3.8) is 0 Å². The van der Waals surface area contributed by atoms with Crippen molar-refractivity contribution in [1.82, 2.24) is 5.32 Å². The molecule has 1 atom stereocenters. The summed E-state index contributed by atoms with van der Waals surface area (Å²) in [6.45, 7) is 3.01. The van der Waals surface area contributed by atoms with Crippen molar-refractivity contribution in [2.45, 2.75) is 17.9 Å². The van der Waals surface area contributed by atoms with Gasteiger partial charge in [0.05, 0.1) is 17.2 Å². The molecule has 0 amide bonds. The van der Waals surface area contributed by atoms with E-state index >= 15 is 0 Å². The van der Waals surface area contributed by atoms with E-state index in [1.54, 1.807) is 18.9 Å². The van der Waals surface area contributed by atoms with Crippen molar-refractivity contribution < 1.29 is 4.74 Å². The van der Waals surface area contributed by atoms with Gasteiger partial charge in [-0.15, -0.1) is 11.8 Å². The Morgan fingerprint density at radius 1 is 1.14 bits per heavy atom. The second-order valence-corrected chi connectivity index (χ2v) is 6.77. The fraction of sp³-hybridized carbons (Fsp3) is 0.294. The third-order valence-corrected chi connectivity index (χ3v) is 5.30. The number of thioether (sulfide) groups is 1. The summed E-state index contributed by atoms with van der Waals surface area (Å²) in [6.07, 6.45) is 0. The first kappa shape index (κ1) is 17.5. The molecule has 0 spiro atoms. The first-order valence-electron chi connectivity index (χ1n) is 7.06. The lowest BCUT2D eigenvalue weighted by Gasteiger charge is -2.15. The highest BCUT2D eigenvalue weighted by molar-refractivity contribution is 7.99. The van der Waals surface area contributed by atoms with Gasteiger partial charge in [0.25, 0.3) is 0 Å². The van der Waals surface area contributed by atoms with Crippen LogP contribution in [-0.2, 0) is 0 Å². The third-order valence-electron chi connectivity index (χ3n) is 3.31. The summed E-state index contributed by atoms with van der Waals surface area (Å²) in [5, 5.41) is 4.91. The van der Waals surface area contributed by atoms with Gasteiger partial charge in [-0.05, 0) is 36.8 Å². The number of benzene rings is 2. The van der Waals surface area contributed by atoms with E-state index in [1.165, 1.54) is 5.56 Å². The molecule has 0 bridgehead atoms. The SMILES string of the molecule is COc1cccc(C(C)NCCSc2c(Cl)cccc2Cl)c1. The molecular weight excluding hydrogens is 337 g/mol. The Bertz CT molecular complexity index is 601. The molecule has 0 aliphatic rings. The van der Waals surface area contributed by atoms with Gasteiger partial charge in [-0.2, -0.15) is 0 Å². The zero-order chi connectivity index (χ0) is 15.9. The minimum absolute atomic E-state index is 0.261. The molecule has 2 aromatic carbocycles. The van der Waals surface area contributed by atoms with E-state index in [2.05, 4.69) is 24.4 Å². The van der Waals surface area contributed by atoms with Crippen molar-refractivity contribution in [2.75, 3.05) is 19.4 Å². The van der Waals surface area contributed by atoms with Gasteiger partial charge in [0, 0.05) is 23.2 Å². The van der Waals surface area contributed by atoms with Gasteiger partial charge in [0.1, 0.15) is 5.75 Å². The van der Waals surface area contributed by atoms with Crippen molar-refractivity contribution in [3.8, 4) is 5.75 Å². The molecular formula is C17H19Cl2NOS. The van der Waals surface area contributed by atoms with Gasteiger partial charge in [0.2, 0.25) is 0 Å². The topological polar surface area (TPSA) is 21.3 Å². The molecule has 5 heteroatoms. The van der Waals surface area contributed by atoms with Gasteiger partial charge in [0.15, 0.2) is 0 Å². The second-order valence-electron chi connectivity index (χ2n) is 4.85. The Hall–Kier alpha value is -0.870. The predicted octanol–water partition coefficient (Wildman–Crippen LogP) is 5.44. The smallest absolute Gasteiger partial charge is 0.119 e. The zero-order valence-corrected chi connectivity index (χ0v) is 14.9. The van der Waals surface area contributed by atoms with Crippen LogP contribution in [0.3, 0.4) is 0 Å². The van der Waals surface area contributed by atoms with Crippen LogP contribution in [0.1, 0.15) is 18.5 Å². The van der Waals surface area contributed by atoms with Crippen molar-refractivity contribution in [2.24, 2.45) is 0 Å². The number of halogens is 2. The molecule has 0 saturated heterocycles. The number of hydrogen-bond acceptors (Lipinski definition) is 3. The van der Waals surface area contributed by atoms with E-state index in [9.17, 15) is 0 Å². The molecule has 0 aliphatic carbocycles. The Labute approximate surface area is 146 Å². The fourth-order valence-corrected chi connectivity index (χ4v) is 3.64. The van der Waals surface area contributed by atoms with Crippen LogP contribution in [0.25, 0.3) is 0 Å². The second kappa shape index (κ2) is 8.68. The van der Waals surface area contributed by atoms with Crippen LogP contribution in [0.5, 0.6) is 5.75 Å². The van der Waals surface area contributed by atoms with E-state index in [4.69, 9.17) is 27.9 Å². The van der Waals surface area contributed by atoms with Crippen LogP contribution in [-0.4, -0.2) is 19.4 Å². The minimum atomic E-state index is 0.261. The van der Waals surface area contributed by atoms with Crippen LogP contribution >= 0.6 is 35.0 Å². The first-order valence-corrected chi connectivity index (χ1v) is 8.80. The Balaban J connectivity index is 1.83. The molecule has 1 unspecified atom stereocenters. The molecule has 0 aliphatic heterocycles. The monoisotopic (exact) mass is 355 g/mol. The molecule has 118 valence electrons. The van der Waals surface area contributed by atoms with E-state index in [0.29, 0.717) is 10.0 Å². The number of methoxy groups -OCH3 is 1. The molecule has 1 N–H and O–H groups in total. The van der Waals surface area contributed by atoms with Crippen LogP contribution in [0.4, 0.5) is 0 Å². The standard InChI is InChI=1S/C17H19Cl2NOS/c1-12(13-5-3-6-14(11-13)21-2)20-9-10-22-17-15(18)7-4-8-16(17)19/h3-8,11-12,20H,9-10H2,1-2H3. The maximum atomic E-state index is 6.16. The lowest BCUT2D eigenvalue weighted by Crippen LogP contribution is -2.21. The summed E-state index contributed by atoms with van der Waals surface area (Å²) < 4.78 is 5.25. The van der Waals surface area contributed by atoms with E-state index in [1.807, 2.05) is 30.3 Å². The highest BCUT2D eigenvalue weighted by atomic mass is 35.5. The molecule has 0 aromatic heterocycles. The van der Waals surface area contributed by atoms with Crippen LogP contribution < -0.4 is 10.1 Å². The molecule has 22 heavy (non-hydrogen) atoms. The van der Waals surface area contributed by atoms with E-state index in [0.717, 1.165) is 22.9 Å². The highest BCUT2D eigenvalue weighted by Gasteiger charge is 2.08.